The summed E-state index contributed by atoms with van der Waals surface area (Å²) in [5.41, 5.74) is 2.58. The smallest absolute Gasteiger partial charge is 0.0636 e. The van der Waals surface area contributed by atoms with E-state index in [2.05, 4.69) is 23.0 Å². The first-order valence-corrected chi connectivity index (χ1v) is 4.53. The van der Waals surface area contributed by atoms with Crippen LogP contribution in [0.2, 0.25) is 0 Å². The molecule has 1 aromatic heterocycles. The first kappa shape index (κ1) is 7.59. The van der Waals surface area contributed by atoms with Crippen LogP contribution in [0.25, 0.3) is 0 Å². The van der Waals surface area contributed by atoms with Crippen LogP contribution in [0.3, 0.4) is 0 Å². The molecule has 1 aliphatic rings. The van der Waals surface area contributed by atoms with E-state index in [1.807, 2.05) is 12.3 Å². The summed E-state index contributed by atoms with van der Waals surface area (Å²) in [5, 5.41) is 0. The number of nitrogens with zero attached hydrogens (tertiary/aromatic N) is 2. The van der Waals surface area contributed by atoms with Crippen LogP contribution in [0, 0.1) is 0 Å². The zero-order valence-electron chi connectivity index (χ0n) is 7.45. The highest BCUT2D eigenvalue weighted by Crippen LogP contribution is 2.22. The molecular weight excluding hydrogens is 148 g/mol. The lowest BCUT2D eigenvalue weighted by atomic mass is 10.2. The Morgan fingerprint density at radius 1 is 1.42 bits per heavy atom. The molecule has 2 heterocycles. The first-order valence-electron chi connectivity index (χ1n) is 4.53. The fourth-order valence-corrected chi connectivity index (χ4v) is 1.73. The highest BCUT2D eigenvalue weighted by molar-refractivity contribution is 5.50. The van der Waals surface area contributed by atoms with E-state index in [9.17, 15) is 0 Å². The topological polar surface area (TPSA) is 16.1 Å². The second-order valence-corrected chi connectivity index (χ2v) is 3.35. The maximum atomic E-state index is 4.39. The van der Waals surface area contributed by atoms with Gasteiger partial charge in [-0.15, -0.1) is 0 Å². The van der Waals surface area contributed by atoms with Gasteiger partial charge in [0.05, 0.1) is 11.4 Å². The molecule has 0 saturated heterocycles. The SMILES string of the molecule is CN1CCCCc2ncccc21. The van der Waals surface area contributed by atoms with Crippen molar-refractivity contribution in [3.8, 4) is 0 Å². The van der Waals surface area contributed by atoms with Gasteiger partial charge in [-0.25, -0.2) is 0 Å². The van der Waals surface area contributed by atoms with Crippen LogP contribution in [0.4, 0.5) is 5.69 Å². The first-order chi connectivity index (χ1) is 5.88. The summed E-state index contributed by atoms with van der Waals surface area (Å²) in [6.07, 6.45) is 5.58. The number of aryl methyl sites for hydroxylation is 1. The molecule has 2 heteroatoms. The molecule has 0 spiro atoms. The van der Waals surface area contributed by atoms with Gasteiger partial charge in [0, 0.05) is 19.8 Å². The minimum Gasteiger partial charge on any atom is -0.373 e. The summed E-state index contributed by atoms with van der Waals surface area (Å²) in [6.45, 7) is 1.17. The van der Waals surface area contributed by atoms with Gasteiger partial charge in [-0.05, 0) is 31.4 Å². The lowest BCUT2D eigenvalue weighted by molar-refractivity contribution is 0.744. The molecule has 0 atom stereocenters. The van der Waals surface area contributed by atoms with Crippen molar-refractivity contribution in [3.63, 3.8) is 0 Å². The molecule has 2 nitrogen and oxygen atoms in total. The summed E-state index contributed by atoms with van der Waals surface area (Å²) in [4.78, 5) is 6.69. The lowest BCUT2D eigenvalue weighted by Gasteiger charge is -2.17. The molecule has 0 aromatic carbocycles. The van der Waals surface area contributed by atoms with E-state index in [0.29, 0.717) is 0 Å². The van der Waals surface area contributed by atoms with E-state index in [0.717, 1.165) is 6.42 Å². The van der Waals surface area contributed by atoms with Gasteiger partial charge in [-0.2, -0.15) is 0 Å². The van der Waals surface area contributed by atoms with Crippen molar-refractivity contribution in [3.05, 3.63) is 24.0 Å². The average Bonchev–Trinajstić information content (AvgIpc) is 2.29. The molecule has 0 aliphatic carbocycles. The second-order valence-electron chi connectivity index (χ2n) is 3.35. The molecule has 0 bridgehead atoms. The van der Waals surface area contributed by atoms with E-state index in [4.69, 9.17) is 0 Å². The van der Waals surface area contributed by atoms with E-state index in [1.54, 1.807) is 0 Å². The summed E-state index contributed by atoms with van der Waals surface area (Å²) in [7, 11) is 2.14. The predicted molar refractivity (Wildman–Crippen MR) is 50.4 cm³/mol. The molecule has 0 N–H and O–H groups in total. The van der Waals surface area contributed by atoms with Crippen molar-refractivity contribution < 1.29 is 0 Å². The Balaban J connectivity index is 2.39. The third-order valence-electron chi connectivity index (χ3n) is 2.43. The largest absolute Gasteiger partial charge is 0.373 e. The van der Waals surface area contributed by atoms with Gasteiger partial charge in [0.1, 0.15) is 0 Å². The molecule has 0 saturated carbocycles. The van der Waals surface area contributed by atoms with Crippen LogP contribution < -0.4 is 4.90 Å². The van der Waals surface area contributed by atoms with Gasteiger partial charge in [0.15, 0.2) is 0 Å². The normalized spacial score (nSPS) is 16.9. The third kappa shape index (κ3) is 1.29. The van der Waals surface area contributed by atoms with E-state index >= 15 is 0 Å². The van der Waals surface area contributed by atoms with Gasteiger partial charge in [0.2, 0.25) is 0 Å². The summed E-state index contributed by atoms with van der Waals surface area (Å²) in [5.74, 6) is 0. The van der Waals surface area contributed by atoms with Crippen LogP contribution in [-0.2, 0) is 6.42 Å². The molecule has 0 fully saturated rings. The molecule has 2 rings (SSSR count). The Bertz CT molecular complexity index is 270. The van der Waals surface area contributed by atoms with Crippen LogP contribution in [0.15, 0.2) is 18.3 Å². The van der Waals surface area contributed by atoms with Crippen molar-refractivity contribution in [2.75, 3.05) is 18.5 Å². The number of hydrogen-bond acceptors (Lipinski definition) is 2. The molecular formula is C10H14N2. The number of pyridine rings is 1. The monoisotopic (exact) mass is 162 g/mol. The number of aromatic nitrogens is 1. The molecule has 12 heavy (non-hydrogen) atoms. The highest BCUT2D eigenvalue weighted by Gasteiger charge is 2.11. The number of rotatable bonds is 0. The van der Waals surface area contributed by atoms with E-state index in [1.165, 1.54) is 30.8 Å². The Kier molecular flexibility index (Phi) is 1.98. The maximum Gasteiger partial charge on any atom is 0.0636 e. The number of hydrogen-bond donors (Lipinski definition) is 0. The Hall–Kier alpha value is -1.05. The van der Waals surface area contributed by atoms with E-state index in [-0.39, 0.29) is 0 Å². The Morgan fingerprint density at radius 2 is 2.33 bits per heavy atom. The Labute approximate surface area is 73.2 Å². The van der Waals surface area contributed by atoms with Crippen molar-refractivity contribution in [1.82, 2.24) is 4.98 Å². The van der Waals surface area contributed by atoms with Crippen molar-refractivity contribution >= 4 is 5.69 Å². The zero-order chi connectivity index (χ0) is 8.39. The molecule has 0 amide bonds. The molecule has 0 unspecified atom stereocenters. The lowest BCUT2D eigenvalue weighted by Crippen LogP contribution is -2.17. The van der Waals surface area contributed by atoms with Crippen molar-refractivity contribution in [2.24, 2.45) is 0 Å². The van der Waals surface area contributed by atoms with Gasteiger partial charge in [0.25, 0.3) is 0 Å². The fraction of sp³-hybridized carbons (Fsp3) is 0.500. The Morgan fingerprint density at radius 3 is 3.25 bits per heavy atom. The van der Waals surface area contributed by atoms with Gasteiger partial charge >= 0.3 is 0 Å². The molecule has 0 radical (unpaired) electrons. The number of anilines is 1. The third-order valence-corrected chi connectivity index (χ3v) is 2.43. The quantitative estimate of drug-likeness (QED) is 0.578. The zero-order valence-corrected chi connectivity index (χ0v) is 7.45. The summed E-state index contributed by atoms with van der Waals surface area (Å²) < 4.78 is 0. The molecule has 1 aromatic rings. The predicted octanol–water partition coefficient (Wildman–Crippen LogP) is 1.85. The molecule has 64 valence electrons. The van der Waals surface area contributed by atoms with Gasteiger partial charge in [-0.1, -0.05) is 0 Å². The van der Waals surface area contributed by atoms with Crippen molar-refractivity contribution in [1.29, 1.82) is 0 Å². The summed E-state index contributed by atoms with van der Waals surface area (Å²) in [6, 6.07) is 4.17. The van der Waals surface area contributed by atoms with Gasteiger partial charge < -0.3 is 4.90 Å². The molecule has 1 aliphatic heterocycles. The second kappa shape index (κ2) is 3.13. The number of fused-ring (bicyclic) bond motifs is 1. The summed E-state index contributed by atoms with van der Waals surface area (Å²) >= 11 is 0. The van der Waals surface area contributed by atoms with Crippen molar-refractivity contribution in [2.45, 2.75) is 19.3 Å². The highest BCUT2D eigenvalue weighted by atomic mass is 15.1. The van der Waals surface area contributed by atoms with Crippen LogP contribution in [-0.4, -0.2) is 18.6 Å². The minimum atomic E-state index is 1.14. The minimum absolute atomic E-state index is 1.14. The maximum absolute atomic E-state index is 4.39. The van der Waals surface area contributed by atoms with Crippen LogP contribution in [0.5, 0.6) is 0 Å². The fourth-order valence-electron chi connectivity index (χ4n) is 1.73. The van der Waals surface area contributed by atoms with Crippen LogP contribution in [0.1, 0.15) is 18.5 Å². The standard InChI is InChI=1S/C10H14N2/c1-12-8-3-2-5-9-10(12)6-4-7-11-9/h4,6-7H,2-3,5,8H2,1H3. The van der Waals surface area contributed by atoms with Crippen LogP contribution >= 0.6 is 0 Å². The van der Waals surface area contributed by atoms with E-state index < -0.39 is 0 Å². The average molecular weight is 162 g/mol. The van der Waals surface area contributed by atoms with Gasteiger partial charge in [-0.3, -0.25) is 4.98 Å².